The number of hydrogen-bond acceptors (Lipinski definition) is 2. The maximum Gasteiger partial charge on any atom is 0.248 e. The van der Waals surface area contributed by atoms with Crippen LogP contribution in [-0.4, -0.2) is 4.98 Å². The molecule has 0 amide bonds. The van der Waals surface area contributed by atoms with Gasteiger partial charge in [-0.15, -0.1) is 0 Å². The summed E-state index contributed by atoms with van der Waals surface area (Å²) in [5.74, 6) is 0.798. The lowest BCUT2D eigenvalue weighted by molar-refractivity contribution is 0.307. The second-order valence-corrected chi connectivity index (χ2v) is 4.31. The van der Waals surface area contributed by atoms with Crippen LogP contribution in [-0.2, 0) is 6.61 Å². The van der Waals surface area contributed by atoms with E-state index in [0.29, 0.717) is 6.61 Å². The van der Waals surface area contributed by atoms with E-state index in [4.69, 9.17) is 4.74 Å². The number of aromatic nitrogens is 1. The number of H-pyrrole nitrogens is 1. The second kappa shape index (κ2) is 4.98. The third-order valence-corrected chi connectivity index (χ3v) is 2.97. The zero-order valence-corrected chi connectivity index (χ0v) is 10.3. The van der Waals surface area contributed by atoms with E-state index in [9.17, 15) is 4.79 Å². The van der Waals surface area contributed by atoms with Gasteiger partial charge in [0.15, 0.2) is 0 Å². The van der Waals surface area contributed by atoms with Crippen LogP contribution in [0.25, 0.3) is 10.9 Å². The Morgan fingerprint density at radius 3 is 2.53 bits per heavy atom. The van der Waals surface area contributed by atoms with Crippen LogP contribution >= 0.6 is 0 Å². The molecule has 0 aliphatic heterocycles. The van der Waals surface area contributed by atoms with E-state index in [1.807, 2.05) is 54.6 Å². The Morgan fingerprint density at radius 1 is 0.947 bits per heavy atom. The molecule has 0 saturated heterocycles. The van der Waals surface area contributed by atoms with Crippen LogP contribution in [0.1, 0.15) is 5.56 Å². The highest BCUT2D eigenvalue weighted by Gasteiger charge is 2.03. The average Bonchev–Trinajstić information content (AvgIpc) is 2.45. The van der Waals surface area contributed by atoms with E-state index >= 15 is 0 Å². The maximum atomic E-state index is 11.6. The summed E-state index contributed by atoms with van der Waals surface area (Å²) in [4.78, 5) is 14.4. The first kappa shape index (κ1) is 11.5. The van der Waals surface area contributed by atoms with Crippen molar-refractivity contribution in [1.29, 1.82) is 0 Å². The summed E-state index contributed by atoms with van der Waals surface area (Å²) in [6, 6.07) is 18.9. The summed E-state index contributed by atoms with van der Waals surface area (Å²) < 4.78 is 5.70. The molecule has 0 bridgehead atoms. The lowest BCUT2D eigenvalue weighted by Crippen LogP contribution is -2.08. The van der Waals surface area contributed by atoms with Gasteiger partial charge in [0.1, 0.15) is 12.4 Å². The first-order valence-corrected chi connectivity index (χ1v) is 6.12. The zero-order chi connectivity index (χ0) is 13.1. The highest BCUT2D eigenvalue weighted by Crippen LogP contribution is 2.17. The number of benzene rings is 2. The monoisotopic (exact) mass is 251 g/mol. The number of ether oxygens (including phenoxy) is 1. The third-order valence-electron chi connectivity index (χ3n) is 2.97. The number of fused-ring (bicyclic) bond motifs is 1. The van der Waals surface area contributed by atoms with E-state index in [0.717, 1.165) is 22.2 Å². The van der Waals surface area contributed by atoms with Crippen LogP contribution in [0.3, 0.4) is 0 Å². The van der Waals surface area contributed by atoms with Crippen molar-refractivity contribution in [3.8, 4) is 5.75 Å². The molecule has 0 atom stereocenters. The smallest absolute Gasteiger partial charge is 0.248 e. The number of para-hydroxylation sites is 2. The largest absolute Gasteiger partial charge is 0.489 e. The first-order chi connectivity index (χ1) is 9.33. The predicted molar refractivity (Wildman–Crippen MR) is 75.3 cm³/mol. The highest BCUT2D eigenvalue weighted by molar-refractivity contribution is 5.81. The Labute approximate surface area is 110 Å². The van der Waals surface area contributed by atoms with Crippen LogP contribution in [0.4, 0.5) is 0 Å². The average molecular weight is 251 g/mol. The van der Waals surface area contributed by atoms with Crippen LogP contribution in [0.15, 0.2) is 65.5 Å². The molecule has 0 aliphatic rings. The van der Waals surface area contributed by atoms with Gasteiger partial charge in [0.25, 0.3) is 0 Å². The first-order valence-electron chi connectivity index (χ1n) is 6.12. The van der Waals surface area contributed by atoms with Crippen molar-refractivity contribution in [2.75, 3.05) is 0 Å². The van der Waals surface area contributed by atoms with Gasteiger partial charge in [-0.25, -0.2) is 0 Å². The molecule has 3 heteroatoms. The molecule has 94 valence electrons. The number of nitrogens with one attached hydrogen (secondary N) is 1. The second-order valence-electron chi connectivity index (χ2n) is 4.31. The molecule has 1 heterocycles. The molecule has 3 rings (SSSR count). The molecule has 0 radical (unpaired) electrons. The van der Waals surface area contributed by atoms with Crippen molar-refractivity contribution in [2.24, 2.45) is 0 Å². The van der Waals surface area contributed by atoms with Crippen molar-refractivity contribution in [3.05, 3.63) is 76.6 Å². The molecule has 2 aromatic carbocycles. The molecule has 19 heavy (non-hydrogen) atoms. The summed E-state index contributed by atoms with van der Waals surface area (Å²) in [5.41, 5.74) is 1.62. The minimum atomic E-state index is -0.106. The van der Waals surface area contributed by atoms with Gasteiger partial charge in [0, 0.05) is 22.5 Å². The number of hydrogen-bond donors (Lipinski definition) is 1. The molecule has 1 N–H and O–H groups in total. The molecular weight excluding hydrogens is 238 g/mol. The fourth-order valence-electron chi connectivity index (χ4n) is 2.07. The molecule has 0 spiro atoms. The van der Waals surface area contributed by atoms with Crippen molar-refractivity contribution < 1.29 is 4.74 Å². The van der Waals surface area contributed by atoms with Crippen LogP contribution in [0.5, 0.6) is 5.75 Å². The topological polar surface area (TPSA) is 42.1 Å². The van der Waals surface area contributed by atoms with Gasteiger partial charge < -0.3 is 9.72 Å². The Hall–Kier alpha value is -2.55. The third kappa shape index (κ3) is 2.50. The lowest BCUT2D eigenvalue weighted by atomic mass is 10.1. The summed E-state index contributed by atoms with van der Waals surface area (Å²) in [5, 5.41) is 1.01. The molecule has 3 aromatic rings. The summed E-state index contributed by atoms with van der Waals surface area (Å²) in [6.45, 7) is 0.383. The van der Waals surface area contributed by atoms with E-state index < -0.39 is 0 Å². The minimum absolute atomic E-state index is 0.106. The molecule has 3 nitrogen and oxygen atoms in total. The number of rotatable bonds is 3. The summed E-state index contributed by atoms with van der Waals surface area (Å²) in [6.07, 6.45) is 0. The van der Waals surface area contributed by atoms with E-state index in [2.05, 4.69) is 4.98 Å². The number of pyridine rings is 1. The molecule has 1 aromatic heterocycles. The lowest BCUT2D eigenvalue weighted by Gasteiger charge is -2.08. The predicted octanol–water partition coefficient (Wildman–Crippen LogP) is 3.11. The van der Waals surface area contributed by atoms with E-state index in [-0.39, 0.29) is 5.56 Å². The van der Waals surface area contributed by atoms with Crippen molar-refractivity contribution in [3.63, 3.8) is 0 Å². The fourth-order valence-corrected chi connectivity index (χ4v) is 2.07. The van der Waals surface area contributed by atoms with Gasteiger partial charge in [0.2, 0.25) is 5.56 Å². The summed E-state index contributed by atoms with van der Waals surface area (Å²) >= 11 is 0. The van der Waals surface area contributed by atoms with E-state index in [1.165, 1.54) is 0 Å². The standard InChI is InChI=1S/C16H13NO2/c18-16-10-12(11-19-13-6-2-1-3-7-13)14-8-4-5-9-15(14)17-16/h1-10H,11H2,(H,17,18). The van der Waals surface area contributed by atoms with Gasteiger partial charge in [-0.1, -0.05) is 36.4 Å². The summed E-state index contributed by atoms with van der Waals surface area (Å²) in [7, 11) is 0. The molecule has 0 aliphatic carbocycles. The molecular formula is C16H13NO2. The highest BCUT2D eigenvalue weighted by atomic mass is 16.5. The van der Waals surface area contributed by atoms with Crippen molar-refractivity contribution in [2.45, 2.75) is 6.61 Å². The fraction of sp³-hybridized carbons (Fsp3) is 0.0625. The quantitative estimate of drug-likeness (QED) is 0.777. The maximum absolute atomic E-state index is 11.6. The van der Waals surface area contributed by atoms with Gasteiger partial charge in [0.05, 0.1) is 0 Å². The van der Waals surface area contributed by atoms with Gasteiger partial charge in [-0.05, 0) is 18.2 Å². The van der Waals surface area contributed by atoms with Crippen LogP contribution in [0.2, 0.25) is 0 Å². The van der Waals surface area contributed by atoms with Gasteiger partial charge >= 0.3 is 0 Å². The van der Waals surface area contributed by atoms with Gasteiger partial charge in [-0.2, -0.15) is 0 Å². The van der Waals surface area contributed by atoms with Crippen LogP contribution in [0, 0.1) is 0 Å². The zero-order valence-electron chi connectivity index (χ0n) is 10.3. The number of aromatic amines is 1. The van der Waals surface area contributed by atoms with Crippen molar-refractivity contribution in [1.82, 2.24) is 4.98 Å². The molecule has 0 saturated carbocycles. The molecule has 0 unspecified atom stereocenters. The SMILES string of the molecule is O=c1cc(COc2ccccc2)c2ccccc2[nH]1. The Balaban J connectivity index is 1.94. The Kier molecular flexibility index (Phi) is 3.02. The van der Waals surface area contributed by atoms with Crippen molar-refractivity contribution >= 4 is 10.9 Å². The van der Waals surface area contributed by atoms with Gasteiger partial charge in [-0.3, -0.25) is 4.79 Å². The molecule has 0 fully saturated rings. The Bertz CT molecular complexity index is 747. The Morgan fingerprint density at radius 2 is 1.68 bits per heavy atom. The van der Waals surface area contributed by atoms with E-state index in [1.54, 1.807) is 6.07 Å². The minimum Gasteiger partial charge on any atom is -0.489 e. The van der Waals surface area contributed by atoms with Crippen LogP contribution < -0.4 is 10.3 Å². The normalized spacial score (nSPS) is 10.5.